The molecule has 29 heavy (non-hydrogen) atoms. The summed E-state index contributed by atoms with van der Waals surface area (Å²) >= 11 is 1.26. The van der Waals surface area contributed by atoms with E-state index >= 15 is 0 Å². The molecule has 0 aliphatic carbocycles. The average Bonchev–Trinajstić information content (AvgIpc) is 3.14. The number of Topliss-reactive ketones (excluding diaryl/α,β-unsaturated/α-hetero) is 1. The Labute approximate surface area is 173 Å². The number of aromatic nitrogens is 1. The zero-order valence-corrected chi connectivity index (χ0v) is 17.0. The second-order valence-corrected chi connectivity index (χ2v) is 7.77. The highest BCUT2D eigenvalue weighted by molar-refractivity contribution is 8.00. The van der Waals surface area contributed by atoms with Crippen LogP contribution in [-0.4, -0.2) is 41.0 Å². The van der Waals surface area contributed by atoms with Crippen LogP contribution in [0, 0.1) is 0 Å². The smallest absolute Gasteiger partial charge is 0.339 e. The number of ether oxygens (including phenoxy) is 1. The van der Waals surface area contributed by atoms with E-state index in [1.807, 2.05) is 38.1 Å². The molecule has 6 nitrogen and oxygen atoms in total. The maximum absolute atomic E-state index is 12.5. The van der Waals surface area contributed by atoms with Gasteiger partial charge in [-0.05, 0) is 32.0 Å². The summed E-state index contributed by atoms with van der Waals surface area (Å²) in [5.41, 5.74) is 1.67. The summed E-state index contributed by atoms with van der Waals surface area (Å²) < 4.78 is 5.26. The van der Waals surface area contributed by atoms with Crippen LogP contribution in [0.5, 0.6) is 0 Å². The molecule has 0 unspecified atom stereocenters. The van der Waals surface area contributed by atoms with Crippen molar-refractivity contribution in [3.05, 3.63) is 65.9 Å². The molecule has 0 spiro atoms. The van der Waals surface area contributed by atoms with Crippen LogP contribution in [0.3, 0.4) is 0 Å². The van der Waals surface area contributed by atoms with E-state index in [4.69, 9.17) is 4.74 Å². The minimum atomic E-state index is -0.592. The number of hydrogen-bond acceptors (Lipinski definition) is 5. The lowest BCUT2D eigenvalue weighted by Crippen LogP contribution is -2.31. The number of esters is 1. The van der Waals surface area contributed by atoms with E-state index in [0.29, 0.717) is 16.0 Å². The quantitative estimate of drug-likeness (QED) is 0.335. The monoisotopic (exact) mass is 410 g/mol. The van der Waals surface area contributed by atoms with Crippen molar-refractivity contribution in [3.8, 4) is 0 Å². The third kappa shape index (κ3) is 5.26. The van der Waals surface area contributed by atoms with Crippen LogP contribution >= 0.6 is 11.8 Å². The minimum Gasteiger partial charge on any atom is -0.454 e. The molecular weight excluding hydrogens is 388 g/mol. The summed E-state index contributed by atoms with van der Waals surface area (Å²) in [6, 6.07) is 14.4. The number of benzene rings is 2. The molecule has 7 heteroatoms. The number of ketones is 1. The fraction of sp³-hybridized carbons (Fsp3) is 0.227. The molecule has 1 amide bonds. The van der Waals surface area contributed by atoms with E-state index in [-0.39, 0.29) is 30.1 Å². The number of rotatable bonds is 8. The molecule has 0 aliphatic rings. The van der Waals surface area contributed by atoms with Gasteiger partial charge in [0, 0.05) is 33.6 Å². The largest absolute Gasteiger partial charge is 0.454 e. The van der Waals surface area contributed by atoms with Crippen molar-refractivity contribution in [2.75, 3.05) is 12.4 Å². The van der Waals surface area contributed by atoms with Crippen LogP contribution in [0.1, 0.15) is 34.6 Å². The Balaban J connectivity index is 1.63. The maximum Gasteiger partial charge on any atom is 0.339 e. The Morgan fingerprint density at radius 2 is 1.76 bits per heavy atom. The number of fused-ring (bicyclic) bond motifs is 1. The van der Waals surface area contributed by atoms with Crippen molar-refractivity contribution >= 4 is 40.3 Å². The molecule has 0 aliphatic heterocycles. The fourth-order valence-corrected chi connectivity index (χ4v) is 3.71. The molecule has 0 atom stereocenters. The number of carbonyl (C=O) groups excluding carboxylic acids is 3. The minimum absolute atomic E-state index is 0.0545. The molecular formula is C22H22N2O4S. The lowest BCUT2D eigenvalue weighted by atomic mass is 10.1. The molecule has 0 fully saturated rings. The first-order valence-electron chi connectivity index (χ1n) is 9.23. The summed E-state index contributed by atoms with van der Waals surface area (Å²) in [5.74, 6) is -0.790. The van der Waals surface area contributed by atoms with E-state index < -0.39 is 5.97 Å². The fourth-order valence-electron chi connectivity index (χ4n) is 2.86. The lowest BCUT2D eigenvalue weighted by Gasteiger charge is -2.10. The second-order valence-electron chi connectivity index (χ2n) is 6.75. The Hall–Kier alpha value is -3.06. The van der Waals surface area contributed by atoms with Crippen LogP contribution < -0.4 is 5.32 Å². The van der Waals surface area contributed by atoms with Gasteiger partial charge in [0.1, 0.15) is 0 Å². The van der Waals surface area contributed by atoms with Crippen molar-refractivity contribution in [2.45, 2.75) is 24.8 Å². The predicted molar refractivity (Wildman–Crippen MR) is 113 cm³/mol. The molecule has 0 saturated heterocycles. The Morgan fingerprint density at radius 1 is 1.03 bits per heavy atom. The van der Waals surface area contributed by atoms with Gasteiger partial charge in [0.05, 0.1) is 11.3 Å². The Morgan fingerprint density at radius 3 is 2.55 bits per heavy atom. The Bertz CT molecular complexity index is 1040. The zero-order valence-electron chi connectivity index (χ0n) is 16.2. The number of amides is 1. The number of H-pyrrole nitrogens is 1. The number of nitrogens with one attached hydrogen (secondary N) is 2. The van der Waals surface area contributed by atoms with E-state index in [0.717, 1.165) is 10.9 Å². The summed E-state index contributed by atoms with van der Waals surface area (Å²) in [4.78, 5) is 40.6. The molecule has 3 rings (SSSR count). The van der Waals surface area contributed by atoms with Crippen molar-refractivity contribution in [2.24, 2.45) is 0 Å². The average molecular weight is 410 g/mol. The van der Waals surface area contributed by atoms with Gasteiger partial charge < -0.3 is 15.0 Å². The van der Waals surface area contributed by atoms with Gasteiger partial charge in [-0.2, -0.15) is 0 Å². The number of aromatic amines is 1. The number of hydrogen-bond donors (Lipinski definition) is 2. The van der Waals surface area contributed by atoms with Gasteiger partial charge in [-0.1, -0.05) is 30.3 Å². The third-order valence-corrected chi connectivity index (χ3v) is 5.21. The van der Waals surface area contributed by atoms with Gasteiger partial charge in [0.25, 0.3) is 0 Å². The molecule has 0 radical (unpaired) electrons. The standard InChI is InChI=1S/C22H22N2O4S/c1-14(2)24-21(26)13-29-20-10-6-4-8-16(20)22(27)28-12-19(25)17-11-23-18-9-5-3-7-15(17)18/h3-11,14,23H,12-13H2,1-2H3,(H,24,26). The first kappa shape index (κ1) is 20.7. The van der Waals surface area contributed by atoms with E-state index in [9.17, 15) is 14.4 Å². The van der Waals surface area contributed by atoms with E-state index in [1.165, 1.54) is 11.8 Å². The van der Waals surface area contributed by atoms with Crippen LogP contribution in [0.25, 0.3) is 10.9 Å². The molecule has 1 aromatic heterocycles. The van der Waals surface area contributed by atoms with Crippen molar-refractivity contribution < 1.29 is 19.1 Å². The topological polar surface area (TPSA) is 88.3 Å². The Kier molecular flexibility index (Phi) is 6.72. The van der Waals surface area contributed by atoms with Gasteiger partial charge in [-0.25, -0.2) is 4.79 Å². The number of thioether (sulfide) groups is 1. The molecule has 2 N–H and O–H groups in total. The summed E-state index contributed by atoms with van der Waals surface area (Å²) in [6.07, 6.45) is 1.62. The number of carbonyl (C=O) groups is 3. The van der Waals surface area contributed by atoms with Crippen molar-refractivity contribution in [3.63, 3.8) is 0 Å². The zero-order chi connectivity index (χ0) is 20.8. The first-order valence-corrected chi connectivity index (χ1v) is 10.2. The lowest BCUT2D eigenvalue weighted by molar-refractivity contribution is -0.119. The van der Waals surface area contributed by atoms with Crippen LogP contribution in [-0.2, 0) is 9.53 Å². The molecule has 0 bridgehead atoms. The highest BCUT2D eigenvalue weighted by atomic mass is 32.2. The highest BCUT2D eigenvalue weighted by Gasteiger charge is 2.18. The van der Waals surface area contributed by atoms with E-state index in [2.05, 4.69) is 10.3 Å². The third-order valence-electron chi connectivity index (χ3n) is 4.14. The second kappa shape index (κ2) is 9.43. The van der Waals surface area contributed by atoms with Crippen LogP contribution in [0.4, 0.5) is 0 Å². The predicted octanol–water partition coefficient (Wildman–Crippen LogP) is 3.82. The van der Waals surface area contributed by atoms with Crippen molar-refractivity contribution in [1.82, 2.24) is 10.3 Å². The van der Waals surface area contributed by atoms with Crippen molar-refractivity contribution in [1.29, 1.82) is 0 Å². The SMILES string of the molecule is CC(C)NC(=O)CSc1ccccc1C(=O)OCC(=O)c1c[nH]c2ccccc12. The summed E-state index contributed by atoms with van der Waals surface area (Å²) in [6.45, 7) is 3.42. The van der Waals surface area contributed by atoms with Crippen LogP contribution in [0.2, 0.25) is 0 Å². The summed E-state index contributed by atoms with van der Waals surface area (Å²) in [5, 5.41) is 3.60. The highest BCUT2D eigenvalue weighted by Crippen LogP contribution is 2.24. The van der Waals surface area contributed by atoms with Gasteiger partial charge in [0.2, 0.25) is 11.7 Å². The molecule has 0 saturated carbocycles. The van der Waals surface area contributed by atoms with Gasteiger partial charge in [-0.3, -0.25) is 9.59 Å². The van der Waals surface area contributed by atoms with Gasteiger partial charge in [-0.15, -0.1) is 11.8 Å². The molecule has 2 aromatic carbocycles. The molecule has 1 heterocycles. The maximum atomic E-state index is 12.5. The first-order chi connectivity index (χ1) is 14.0. The number of para-hydroxylation sites is 1. The molecule has 150 valence electrons. The van der Waals surface area contributed by atoms with Crippen LogP contribution in [0.15, 0.2) is 59.6 Å². The van der Waals surface area contributed by atoms with E-state index in [1.54, 1.807) is 30.5 Å². The molecule has 3 aromatic rings. The van der Waals surface area contributed by atoms with Gasteiger partial charge in [0.15, 0.2) is 6.61 Å². The van der Waals surface area contributed by atoms with Gasteiger partial charge >= 0.3 is 5.97 Å². The summed E-state index contributed by atoms with van der Waals surface area (Å²) in [7, 11) is 0. The normalized spacial score (nSPS) is 10.9.